The molecule has 0 aromatic heterocycles. The van der Waals surface area contributed by atoms with Gasteiger partial charge in [-0.05, 0) is 42.8 Å². The summed E-state index contributed by atoms with van der Waals surface area (Å²) >= 11 is 0. The number of carbonyl (C=O) groups excluding carboxylic acids is 2. The van der Waals surface area contributed by atoms with Crippen LogP contribution in [0.5, 0.6) is 17.2 Å². The van der Waals surface area contributed by atoms with Gasteiger partial charge in [0, 0.05) is 0 Å². The molecular formula is C22H26O6. The molecule has 0 heterocycles. The Balaban J connectivity index is 2.00. The van der Waals surface area contributed by atoms with Gasteiger partial charge in [0.25, 0.3) is 0 Å². The Morgan fingerprint density at radius 1 is 0.786 bits per heavy atom. The summed E-state index contributed by atoms with van der Waals surface area (Å²) in [6.45, 7) is 2.53. The van der Waals surface area contributed by atoms with E-state index in [9.17, 15) is 9.59 Å². The number of benzene rings is 2. The van der Waals surface area contributed by atoms with Crippen molar-refractivity contribution in [3.05, 3.63) is 53.6 Å². The van der Waals surface area contributed by atoms with Crippen molar-refractivity contribution in [2.45, 2.75) is 32.6 Å². The molecule has 6 nitrogen and oxygen atoms in total. The first-order chi connectivity index (χ1) is 13.6. The standard InChI is InChI=1S/C22H26O6/c1-4-5-6-7-15-27-21(23)16-11-13-17(14-12-16)22(24)28-20-18(25-2)9-8-10-19(20)26-3/h8-14H,4-7,15H2,1-3H3. The predicted octanol–water partition coefficient (Wildman–Crippen LogP) is 4.66. The summed E-state index contributed by atoms with van der Waals surface area (Å²) in [5, 5.41) is 0. The van der Waals surface area contributed by atoms with E-state index in [4.69, 9.17) is 18.9 Å². The van der Waals surface area contributed by atoms with Gasteiger partial charge in [-0.3, -0.25) is 0 Å². The molecular weight excluding hydrogens is 360 g/mol. The number of ether oxygens (including phenoxy) is 4. The predicted molar refractivity (Wildman–Crippen MR) is 105 cm³/mol. The molecule has 0 unspecified atom stereocenters. The van der Waals surface area contributed by atoms with Gasteiger partial charge < -0.3 is 18.9 Å². The number of unbranched alkanes of at least 4 members (excludes halogenated alkanes) is 3. The lowest BCUT2D eigenvalue weighted by atomic mass is 10.1. The second-order valence-corrected chi connectivity index (χ2v) is 6.16. The second-order valence-electron chi connectivity index (χ2n) is 6.16. The maximum atomic E-state index is 12.5. The fourth-order valence-electron chi connectivity index (χ4n) is 2.59. The Bertz CT molecular complexity index is 760. The fraction of sp³-hybridized carbons (Fsp3) is 0.364. The van der Waals surface area contributed by atoms with Gasteiger partial charge in [-0.1, -0.05) is 32.3 Å². The molecule has 0 radical (unpaired) electrons. The van der Waals surface area contributed by atoms with Gasteiger partial charge in [0.1, 0.15) is 0 Å². The Hall–Kier alpha value is -3.02. The molecule has 0 aliphatic heterocycles. The Labute approximate surface area is 165 Å². The zero-order chi connectivity index (χ0) is 20.4. The minimum absolute atomic E-state index is 0.202. The average Bonchev–Trinajstić information content (AvgIpc) is 2.73. The summed E-state index contributed by atoms with van der Waals surface area (Å²) in [5.74, 6) is -0.00916. The Kier molecular flexibility index (Phi) is 8.34. The minimum Gasteiger partial charge on any atom is -0.493 e. The van der Waals surface area contributed by atoms with Crippen molar-refractivity contribution in [1.82, 2.24) is 0 Å². The Morgan fingerprint density at radius 2 is 1.36 bits per heavy atom. The lowest BCUT2D eigenvalue weighted by Gasteiger charge is -2.12. The monoisotopic (exact) mass is 386 g/mol. The van der Waals surface area contributed by atoms with Gasteiger partial charge in [0.15, 0.2) is 11.5 Å². The molecule has 0 saturated carbocycles. The number of methoxy groups -OCH3 is 2. The maximum absolute atomic E-state index is 12.5. The first-order valence-corrected chi connectivity index (χ1v) is 9.31. The second kappa shape index (κ2) is 11.0. The summed E-state index contributed by atoms with van der Waals surface area (Å²) < 4.78 is 21.1. The van der Waals surface area contributed by atoms with Crippen LogP contribution in [0.3, 0.4) is 0 Å². The molecule has 0 fully saturated rings. The van der Waals surface area contributed by atoms with Gasteiger partial charge in [-0.25, -0.2) is 9.59 Å². The summed E-state index contributed by atoms with van der Waals surface area (Å²) in [6.07, 6.45) is 4.16. The highest BCUT2D eigenvalue weighted by atomic mass is 16.6. The normalized spacial score (nSPS) is 10.2. The number of hydrogen-bond donors (Lipinski definition) is 0. The molecule has 0 aliphatic rings. The summed E-state index contributed by atoms with van der Waals surface area (Å²) in [7, 11) is 2.96. The fourth-order valence-corrected chi connectivity index (χ4v) is 2.59. The van der Waals surface area contributed by atoms with Crippen LogP contribution < -0.4 is 14.2 Å². The molecule has 2 rings (SSSR count). The molecule has 0 amide bonds. The van der Waals surface area contributed by atoms with Crippen LogP contribution in [0.4, 0.5) is 0 Å². The zero-order valence-corrected chi connectivity index (χ0v) is 16.5. The zero-order valence-electron chi connectivity index (χ0n) is 16.5. The van der Waals surface area contributed by atoms with Crippen molar-refractivity contribution >= 4 is 11.9 Å². The highest BCUT2D eigenvalue weighted by Gasteiger charge is 2.17. The van der Waals surface area contributed by atoms with Crippen LogP contribution in [-0.2, 0) is 4.74 Å². The maximum Gasteiger partial charge on any atom is 0.343 e. The van der Waals surface area contributed by atoms with Gasteiger partial charge in [-0.15, -0.1) is 0 Å². The van der Waals surface area contributed by atoms with Crippen LogP contribution in [0.25, 0.3) is 0 Å². The number of rotatable bonds is 10. The molecule has 150 valence electrons. The topological polar surface area (TPSA) is 71.1 Å². The van der Waals surface area contributed by atoms with Gasteiger partial charge in [-0.2, -0.15) is 0 Å². The van der Waals surface area contributed by atoms with Crippen molar-refractivity contribution in [2.75, 3.05) is 20.8 Å². The quantitative estimate of drug-likeness (QED) is 0.336. The molecule has 0 atom stereocenters. The third-order valence-corrected chi connectivity index (χ3v) is 4.16. The summed E-state index contributed by atoms with van der Waals surface area (Å²) in [6, 6.07) is 11.2. The number of carbonyl (C=O) groups is 2. The molecule has 2 aromatic rings. The number of para-hydroxylation sites is 1. The smallest absolute Gasteiger partial charge is 0.343 e. The van der Waals surface area contributed by atoms with Crippen LogP contribution >= 0.6 is 0 Å². The van der Waals surface area contributed by atoms with E-state index in [1.807, 2.05) is 0 Å². The van der Waals surface area contributed by atoms with E-state index in [0.29, 0.717) is 29.2 Å². The first-order valence-electron chi connectivity index (χ1n) is 9.31. The van der Waals surface area contributed by atoms with Gasteiger partial charge in [0.05, 0.1) is 32.0 Å². The highest BCUT2D eigenvalue weighted by molar-refractivity contribution is 5.94. The summed E-state index contributed by atoms with van der Waals surface area (Å²) in [4.78, 5) is 24.5. The van der Waals surface area contributed by atoms with Crippen LogP contribution in [0, 0.1) is 0 Å². The van der Waals surface area contributed by atoms with E-state index in [2.05, 4.69) is 6.92 Å². The SMILES string of the molecule is CCCCCCOC(=O)c1ccc(C(=O)Oc2c(OC)cccc2OC)cc1. The van der Waals surface area contributed by atoms with Crippen molar-refractivity contribution in [1.29, 1.82) is 0 Å². The third-order valence-electron chi connectivity index (χ3n) is 4.16. The van der Waals surface area contributed by atoms with E-state index >= 15 is 0 Å². The molecule has 0 bridgehead atoms. The average molecular weight is 386 g/mol. The van der Waals surface area contributed by atoms with Crippen LogP contribution in [0.2, 0.25) is 0 Å². The molecule has 2 aromatic carbocycles. The van der Waals surface area contributed by atoms with Crippen LogP contribution in [-0.4, -0.2) is 32.8 Å². The molecule has 6 heteroatoms. The highest BCUT2D eigenvalue weighted by Crippen LogP contribution is 2.37. The molecule has 28 heavy (non-hydrogen) atoms. The van der Waals surface area contributed by atoms with E-state index in [-0.39, 0.29) is 5.75 Å². The van der Waals surface area contributed by atoms with Gasteiger partial charge in [0.2, 0.25) is 5.75 Å². The molecule has 0 N–H and O–H groups in total. The largest absolute Gasteiger partial charge is 0.493 e. The van der Waals surface area contributed by atoms with Gasteiger partial charge >= 0.3 is 11.9 Å². The van der Waals surface area contributed by atoms with E-state index in [0.717, 1.165) is 25.7 Å². The van der Waals surface area contributed by atoms with E-state index < -0.39 is 11.9 Å². The third kappa shape index (κ3) is 5.74. The molecule has 0 spiro atoms. The lowest BCUT2D eigenvalue weighted by molar-refractivity contribution is 0.0497. The number of esters is 2. The molecule has 0 aliphatic carbocycles. The summed E-state index contributed by atoms with van der Waals surface area (Å²) in [5.41, 5.74) is 0.689. The Morgan fingerprint density at radius 3 is 1.89 bits per heavy atom. The van der Waals surface area contributed by atoms with Crippen molar-refractivity contribution < 1.29 is 28.5 Å². The number of hydrogen-bond acceptors (Lipinski definition) is 6. The van der Waals surface area contributed by atoms with Crippen LogP contribution in [0.1, 0.15) is 53.3 Å². The van der Waals surface area contributed by atoms with Crippen molar-refractivity contribution in [3.8, 4) is 17.2 Å². The molecule has 0 saturated heterocycles. The van der Waals surface area contributed by atoms with E-state index in [1.54, 1.807) is 30.3 Å². The van der Waals surface area contributed by atoms with Crippen molar-refractivity contribution in [2.24, 2.45) is 0 Å². The first kappa shape index (κ1) is 21.3. The lowest BCUT2D eigenvalue weighted by Crippen LogP contribution is -2.11. The van der Waals surface area contributed by atoms with Crippen molar-refractivity contribution in [3.63, 3.8) is 0 Å². The van der Waals surface area contributed by atoms with Crippen LogP contribution in [0.15, 0.2) is 42.5 Å². The van der Waals surface area contributed by atoms with E-state index in [1.165, 1.54) is 26.4 Å². The minimum atomic E-state index is -0.581.